The fourth-order valence-corrected chi connectivity index (χ4v) is 3.09. The highest BCUT2D eigenvalue weighted by Crippen LogP contribution is 2.24. The number of hydrogen-bond donors (Lipinski definition) is 1. The Bertz CT molecular complexity index is 310. The van der Waals surface area contributed by atoms with Crippen molar-refractivity contribution in [2.45, 2.75) is 31.8 Å². The lowest BCUT2D eigenvalue weighted by molar-refractivity contribution is -0.117. The van der Waals surface area contributed by atoms with Crippen LogP contribution < -0.4 is 5.32 Å². The van der Waals surface area contributed by atoms with Crippen LogP contribution in [0.4, 0.5) is 0 Å². The van der Waals surface area contributed by atoms with Crippen LogP contribution in [0.3, 0.4) is 0 Å². The number of hydrogen-bond acceptors (Lipinski definition) is 3. The lowest BCUT2D eigenvalue weighted by Gasteiger charge is -2.35. The molecule has 0 aromatic rings. The average molecular weight is 251 g/mol. The summed E-state index contributed by atoms with van der Waals surface area (Å²) < 4.78 is 0. The highest BCUT2D eigenvalue weighted by Gasteiger charge is 2.34. The summed E-state index contributed by atoms with van der Waals surface area (Å²) in [6, 6.07) is 0.990. The van der Waals surface area contributed by atoms with E-state index < -0.39 is 0 Å². The molecule has 0 aromatic heterocycles. The van der Waals surface area contributed by atoms with E-state index in [4.69, 9.17) is 0 Å². The molecule has 0 saturated carbocycles. The monoisotopic (exact) mass is 251 g/mol. The molecule has 1 amide bonds. The zero-order valence-electron chi connectivity index (χ0n) is 11.6. The molecule has 18 heavy (non-hydrogen) atoms. The number of likely N-dealkylation sites (tertiary alicyclic amines) is 2. The van der Waals surface area contributed by atoms with Gasteiger partial charge in [0.15, 0.2) is 0 Å². The molecule has 2 heterocycles. The maximum absolute atomic E-state index is 11.4. The molecule has 0 bridgehead atoms. The number of rotatable bonds is 3. The first kappa shape index (κ1) is 13.6. The van der Waals surface area contributed by atoms with Crippen LogP contribution in [0.25, 0.3) is 0 Å². The molecular formula is C14H25N3O. The van der Waals surface area contributed by atoms with E-state index in [-0.39, 0.29) is 11.9 Å². The molecule has 2 saturated heterocycles. The summed E-state index contributed by atoms with van der Waals surface area (Å²) in [7, 11) is 2.19. The van der Waals surface area contributed by atoms with Gasteiger partial charge in [-0.2, -0.15) is 0 Å². The Morgan fingerprint density at radius 2 is 2.00 bits per heavy atom. The maximum atomic E-state index is 11.4. The van der Waals surface area contributed by atoms with E-state index in [2.05, 4.69) is 35.7 Å². The van der Waals surface area contributed by atoms with Crippen LogP contribution in [-0.2, 0) is 4.79 Å². The largest absolute Gasteiger partial charge is 0.348 e. The first-order valence-corrected chi connectivity index (χ1v) is 6.95. The van der Waals surface area contributed by atoms with Crippen molar-refractivity contribution in [3.63, 3.8) is 0 Å². The second kappa shape index (κ2) is 5.85. The van der Waals surface area contributed by atoms with Crippen LogP contribution in [0.15, 0.2) is 12.7 Å². The highest BCUT2D eigenvalue weighted by molar-refractivity contribution is 5.87. The quantitative estimate of drug-likeness (QED) is 0.750. The lowest BCUT2D eigenvalue weighted by atomic mass is 10.0. The van der Waals surface area contributed by atoms with Gasteiger partial charge in [0.1, 0.15) is 0 Å². The third kappa shape index (κ3) is 3.12. The Morgan fingerprint density at radius 3 is 2.61 bits per heavy atom. The first-order valence-electron chi connectivity index (χ1n) is 6.95. The molecule has 1 N–H and O–H groups in total. The molecule has 102 valence electrons. The Balaban J connectivity index is 1.86. The normalized spacial score (nSPS) is 31.4. The molecule has 0 unspecified atom stereocenters. The van der Waals surface area contributed by atoms with E-state index in [1.54, 1.807) is 0 Å². The number of carbonyl (C=O) groups excluding carboxylic acids is 1. The second-order valence-electron chi connectivity index (χ2n) is 5.78. The van der Waals surface area contributed by atoms with Gasteiger partial charge in [0.2, 0.25) is 5.91 Å². The van der Waals surface area contributed by atoms with Gasteiger partial charge < -0.3 is 10.2 Å². The molecule has 2 fully saturated rings. The summed E-state index contributed by atoms with van der Waals surface area (Å²) in [4.78, 5) is 16.3. The first-order chi connectivity index (χ1) is 8.60. The standard InChI is InChI=1S/C14H25N3O/c1-4-14(18)15-13-10-17(9-11(13)2)12-5-7-16(3)8-6-12/h4,11-13H,1,5-10H2,2-3H3,(H,15,18)/t11-,13+/m1/s1. The van der Waals surface area contributed by atoms with Crippen LogP contribution in [0, 0.1) is 5.92 Å². The second-order valence-corrected chi connectivity index (χ2v) is 5.78. The smallest absolute Gasteiger partial charge is 0.243 e. The molecule has 0 aliphatic carbocycles. The molecule has 4 nitrogen and oxygen atoms in total. The number of carbonyl (C=O) groups is 1. The molecule has 2 aliphatic rings. The SMILES string of the molecule is C=CC(=O)N[C@H]1CN(C2CCN(C)CC2)C[C@H]1C. The number of nitrogens with one attached hydrogen (secondary N) is 1. The minimum Gasteiger partial charge on any atom is -0.348 e. The van der Waals surface area contributed by atoms with E-state index in [1.165, 1.54) is 32.0 Å². The summed E-state index contributed by atoms with van der Waals surface area (Å²) in [5.74, 6) is 0.491. The van der Waals surface area contributed by atoms with E-state index in [1.807, 2.05) is 0 Å². The molecule has 0 aromatic carbocycles. The topological polar surface area (TPSA) is 35.6 Å². The van der Waals surface area contributed by atoms with Gasteiger partial charge >= 0.3 is 0 Å². The van der Waals surface area contributed by atoms with Crippen LogP contribution in [0.5, 0.6) is 0 Å². The van der Waals surface area contributed by atoms with Gasteiger partial charge in [-0.25, -0.2) is 0 Å². The van der Waals surface area contributed by atoms with Crippen molar-refractivity contribution in [2.75, 3.05) is 33.2 Å². The van der Waals surface area contributed by atoms with Crippen LogP contribution in [-0.4, -0.2) is 61.0 Å². The average Bonchev–Trinajstić information content (AvgIpc) is 2.71. The lowest BCUT2D eigenvalue weighted by Crippen LogP contribution is -2.44. The van der Waals surface area contributed by atoms with E-state index in [9.17, 15) is 4.79 Å². The van der Waals surface area contributed by atoms with Gasteiger partial charge in [0, 0.05) is 25.2 Å². The summed E-state index contributed by atoms with van der Waals surface area (Å²) in [5.41, 5.74) is 0. The molecule has 2 atom stereocenters. The van der Waals surface area contributed by atoms with Gasteiger partial charge in [-0.3, -0.25) is 9.69 Å². The molecule has 0 spiro atoms. The molecule has 4 heteroatoms. The third-order valence-electron chi connectivity index (χ3n) is 4.36. The van der Waals surface area contributed by atoms with Crippen molar-refractivity contribution >= 4 is 5.91 Å². The van der Waals surface area contributed by atoms with Crippen molar-refractivity contribution in [3.8, 4) is 0 Å². The van der Waals surface area contributed by atoms with Gasteiger partial charge in [-0.05, 0) is 45.0 Å². The van der Waals surface area contributed by atoms with E-state index >= 15 is 0 Å². The van der Waals surface area contributed by atoms with Crippen molar-refractivity contribution in [1.82, 2.24) is 15.1 Å². The Morgan fingerprint density at radius 1 is 1.33 bits per heavy atom. The summed E-state index contributed by atoms with van der Waals surface area (Å²) in [6.45, 7) is 10.2. The summed E-state index contributed by atoms with van der Waals surface area (Å²) in [6.07, 6.45) is 3.88. The Labute approximate surface area is 110 Å². The number of piperidine rings is 1. The summed E-state index contributed by atoms with van der Waals surface area (Å²) >= 11 is 0. The minimum atomic E-state index is -0.0444. The Hall–Kier alpha value is -0.870. The number of nitrogens with zero attached hydrogens (tertiary/aromatic N) is 2. The van der Waals surface area contributed by atoms with E-state index in [0.29, 0.717) is 12.0 Å². The van der Waals surface area contributed by atoms with Crippen molar-refractivity contribution in [2.24, 2.45) is 5.92 Å². The van der Waals surface area contributed by atoms with Crippen LogP contribution >= 0.6 is 0 Å². The molecule has 0 radical (unpaired) electrons. The predicted molar refractivity (Wildman–Crippen MR) is 73.4 cm³/mol. The highest BCUT2D eigenvalue weighted by atomic mass is 16.1. The van der Waals surface area contributed by atoms with Gasteiger partial charge in [0.05, 0.1) is 0 Å². The van der Waals surface area contributed by atoms with Gasteiger partial charge in [-0.15, -0.1) is 0 Å². The Kier molecular flexibility index (Phi) is 4.40. The predicted octanol–water partition coefficient (Wildman–Crippen LogP) is 0.703. The van der Waals surface area contributed by atoms with Gasteiger partial charge in [0.25, 0.3) is 0 Å². The fourth-order valence-electron chi connectivity index (χ4n) is 3.09. The van der Waals surface area contributed by atoms with E-state index in [0.717, 1.165) is 13.1 Å². The fraction of sp³-hybridized carbons (Fsp3) is 0.786. The molecule has 2 rings (SSSR count). The van der Waals surface area contributed by atoms with Crippen molar-refractivity contribution in [3.05, 3.63) is 12.7 Å². The molecular weight excluding hydrogens is 226 g/mol. The third-order valence-corrected chi connectivity index (χ3v) is 4.36. The van der Waals surface area contributed by atoms with Crippen LogP contribution in [0.1, 0.15) is 19.8 Å². The van der Waals surface area contributed by atoms with Crippen molar-refractivity contribution < 1.29 is 4.79 Å². The minimum absolute atomic E-state index is 0.0444. The zero-order valence-corrected chi connectivity index (χ0v) is 11.6. The number of amides is 1. The summed E-state index contributed by atoms with van der Waals surface area (Å²) in [5, 5.41) is 3.05. The molecule has 2 aliphatic heterocycles. The zero-order chi connectivity index (χ0) is 13.1. The maximum Gasteiger partial charge on any atom is 0.243 e. The van der Waals surface area contributed by atoms with Gasteiger partial charge in [-0.1, -0.05) is 13.5 Å². The van der Waals surface area contributed by atoms with Crippen molar-refractivity contribution in [1.29, 1.82) is 0 Å². The van der Waals surface area contributed by atoms with Crippen LogP contribution in [0.2, 0.25) is 0 Å².